The van der Waals surface area contributed by atoms with Crippen molar-refractivity contribution in [3.63, 3.8) is 0 Å². The topological polar surface area (TPSA) is 84.2 Å². The second kappa shape index (κ2) is 6.01. The molecule has 2 rings (SSSR count). The summed E-state index contributed by atoms with van der Waals surface area (Å²) in [5, 5.41) is 11.7. The molecule has 1 atom stereocenters. The summed E-state index contributed by atoms with van der Waals surface area (Å²) in [6.07, 6.45) is 3.12. The van der Waals surface area contributed by atoms with E-state index in [2.05, 4.69) is 10.3 Å². The van der Waals surface area contributed by atoms with Crippen LogP contribution in [0, 0.1) is 0 Å². The summed E-state index contributed by atoms with van der Waals surface area (Å²) < 4.78 is 1.54. The number of nitrogens with zero attached hydrogens (tertiary/aromatic N) is 2. The van der Waals surface area contributed by atoms with Gasteiger partial charge in [0.05, 0.1) is 12.5 Å². The van der Waals surface area contributed by atoms with Gasteiger partial charge in [0.2, 0.25) is 0 Å². The first kappa shape index (κ1) is 13.8. The van der Waals surface area contributed by atoms with Crippen molar-refractivity contribution in [1.82, 2.24) is 14.9 Å². The van der Waals surface area contributed by atoms with Gasteiger partial charge in [0.1, 0.15) is 11.7 Å². The molecule has 0 saturated carbocycles. The molecule has 2 aromatic rings. The number of carboxylic acid groups (broad SMARTS) is 1. The quantitative estimate of drug-likeness (QED) is 0.845. The third-order valence-corrected chi connectivity index (χ3v) is 2.94. The fourth-order valence-electron chi connectivity index (χ4n) is 1.86. The van der Waals surface area contributed by atoms with E-state index in [1.54, 1.807) is 7.05 Å². The number of imidazole rings is 1. The normalized spacial score (nSPS) is 11.8. The van der Waals surface area contributed by atoms with Crippen molar-refractivity contribution >= 4 is 11.9 Å². The smallest absolute Gasteiger partial charge is 0.326 e. The SMILES string of the molecule is Cn1cncc1C(=O)NC(Cc1ccccc1)C(=O)O. The number of hydrogen-bond donors (Lipinski definition) is 2. The molecule has 1 aromatic carbocycles. The van der Waals surface area contributed by atoms with E-state index in [9.17, 15) is 14.7 Å². The molecule has 1 unspecified atom stereocenters. The lowest BCUT2D eigenvalue weighted by Crippen LogP contribution is -2.42. The lowest BCUT2D eigenvalue weighted by molar-refractivity contribution is -0.139. The molecule has 0 spiro atoms. The Kier molecular flexibility index (Phi) is 4.14. The van der Waals surface area contributed by atoms with Crippen LogP contribution in [0.4, 0.5) is 0 Å². The van der Waals surface area contributed by atoms with Crippen LogP contribution in [0.15, 0.2) is 42.9 Å². The van der Waals surface area contributed by atoms with E-state index in [4.69, 9.17) is 0 Å². The van der Waals surface area contributed by atoms with Crippen LogP contribution in [0.2, 0.25) is 0 Å². The number of hydrogen-bond acceptors (Lipinski definition) is 3. The Morgan fingerprint density at radius 2 is 2.05 bits per heavy atom. The molecule has 0 aliphatic heterocycles. The van der Waals surface area contributed by atoms with Gasteiger partial charge in [-0.15, -0.1) is 0 Å². The van der Waals surface area contributed by atoms with Crippen LogP contribution in [0.3, 0.4) is 0 Å². The second-order valence-corrected chi connectivity index (χ2v) is 4.44. The van der Waals surface area contributed by atoms with Gasteiger partial charge in [-0.25, -0.2) is 9.78 Å². The number of amides is 1. The Balaban J connectivity index is 2.09. The minimum Gasteiger partial charge on any atom is -0.480 e. The fourth-order valence-corrected chi connectivity index (χ4v) is 1.86. The molecule has 104 valence electrons. The second-order valence-electron chi connectivity index (χ2n) is 4.44. The van der Waals surface area contributed by atoms with E-state index < -0.39 is 17.9 Å². The first-order valence-corrected chi connectivity index (χ1v) is 6.12. The number of carboxylic acids is 1. The Morgan fingerprint density at radius 1 is 1.35 bits per heavy atom. The Labute approximate surface area is 116 Å². The van der Waals surface area contributed by atoms with E-state index in [-0.39, 0.29) is 6.42 Å². The van der Waals surface area contributed by atoms with Gasteiger partial charge in [0.15, 0.2) is 0 Å². The van der Waals surface area contributed by atoms with Crippen LogP contribution in [-0.4, -0.2) is 32.6 Å². The van der Waals surface area contributed by atoms with Crippen molar-refractivity contribution in [1.29, 1.82) is 0 Å². The molecule has 6 nitrogen and oxygen atoms in total. The van der Waals surface area contributed by atoms with Crippen LogP contribution in [-0.2, 0) is 18.3 Å². The molecule has 20 heavy (non-hydrogen) atoms. The fraction of sp³-hybridized carbons (Fsp3) is 0.214. The summed E-state index contributed by atoms with van der Waals surface area (Å²) in [6.45, 7) is 0. The largest absolute Gasteiger partial charge is 0.480 e. The number of carbonyl (C=O) groups is 2. The van der Waals surface area contributed by atoms with Crippen molar-refractivity contribution in [2.45, 2.75) is 12.5 Å². The highest BCUT2D eigenvalue weighted by Gasteiger charge is 2.22. The van der Waals surface area contributed by atoms with Crippen LogP contribution in [0.1, 0.15) is 16.1 Å². The third kappa shape index (κ3) is 3.23. The maximum Gasteiger partial charge on any atom is 0.326 e. The van der Waals surface area contributed by atoms with Crippen molar-refractivity contribution in [3.8, 4) is 0 Å². The highest BCUT2D eigenvalue weighted by Crippen LogP contribution is 2.05. The number of carbonyl (C=O) groups excluding carboxylic acids is 1. The molecule has 0 aliphatic carbocycles. The van der Waals surface area contributed by atoms with Gasteiger partial charge in [-0.05, 0) is 5.56 Å². The molecule has 0 radical (unpaired) electrons. The summed E-state index contributed by atoms with van der Waals surface area (Å²) >= 11 is 0. The van der Waals surface area contributed by atoms with Gasteiger partial charge in [-0.3, -0.25) is 4.79 Å². The number of benzene rings is 1. The molecule has 0 saturated heterocycles. The van der Waals surface area contributed by atoms with Crippen LogP contribution in [0.25, 0.3) is 0 Å². The average molecular weight is 273 g/mol. The summed E-state index contributed by atoms with van der Waals surface area (Å²) in [4.78, 5) is 27.1. The van der Waals surface area contributed by atoms with E-state index in [1.807, 2.05) is 30.3 Å². The van der Waals surface area contributed by atoms with E-state index in [0.717, 1.165) is 5.56 Å². The Morgan fingerprint density at radius 3 is 2.60 bits per heavy atom. The molecule has 0 fully saturated rings. The average Bonchev–Trinajstić information content (AvgIpc) is 2.85. The van der Waals surface area contributed by atoms with Gasteiger partial charge < -0.3 is 15.0 Å². The summed E-state index contributed by atoms with van der Waals surface area (Å²) in [7, 11) is 1.68. The van der Waals surface area contributed by atoms with Crippen molar-refractivity contribution in [2.24, 2.45) is 7.05 Å². The molecule has 1 aromatic heterocycles. The predicted molar refractivity (Wildman–Crippen MR) is 72.2 cm³/mol. The zero-order valence-corrected chi connectivity index (χ0v) is 11.0. The van der Waals surface area contributed by atoms with E-state index >= 15 is 0 Å². The third-order valence-electron chi connectivity index (χ3n) is 2.94. The molecule has 0 bridgehead atoms. The van der Waals surface area contributed by atoms with Crippen LogP contribution in [0.5, 0.6) is 0 Å². The molecule has 0 aliphatic rings. The van der Waals surface area contributed by atoms with Gasteiger partial charge in [0.25, 0.3) is 5.91 Å². The zero-order chi connectivity index (χ0) is 14.5. The van der Waals surface area contributed by atoms with Crippen molar-refractivity contribution in [3.05, 3.63) is 54.1 Å². The van der Waals surface area contributed by atoms with Crippen LogP contribution < -0.4 is 5.32 Å². The predicted octanol–water partition coefficient (Wildman–Crippen LogP) is 0.846. The van der Waals surface area contributed by atoms with Gasteiger partial charge in [-0.1, -0.05) is 30.3 Å². The number of aryl methyl sites for hydroxylation is 1. The monoisotopic (exact) mass is 273 g/mol. The molecule has 2 N–H and O–H groups in total. The minimum atomic E-state index is -1.07. The summed E-state index contributed by atoms with van der Waals surface area (Å²) in [5.41, 5.74) is 1.18. The first-order chi connectivity index (χ1) is 9.58. The van der Waals surface area contributed by atoms with Gasteiger partial charge in [-0.2, -0.15) is 0 Å². The van der Waals surface area contributed by atoms with Crippen molar-refractivity contribution < 1.29 is 14.7 Å². The molecular formula is C14H15N3O3. The zero-order valence-electron chi connectivity index (χ0n) is 11.0. The first-order valence-electron chi connectivity index (χ1n) is 6.12. The van der Waals surface area contributed by atoms with Gasteiger partial charge in [0, 0.05) is 13.5 Å². The van der Waals surface area contributed by atoms with E-state index in [1.165, 1.54) is 17.1 Å². The number of nitrogens with one attached hydrogen (secondary N) is 1. The lowest BCUT2D eigenvalue weighted by Gasteiger charge is -2.14. The van der Waals surface area contributed by atoms with E-state index in [0.29, 0.717) is 5.69 Å². The minimum absolute atomic E-state index is 0.236. The Bertz CT molecular complexity index is 607. The summed E-state index contributed by atoms with van der Waals surface area (Å²) in [6, 6.07) is 8.19. The van der Waals surface area contributed by atoms with Gasteiger partial charge >= 0.3 is 5.97 Å². The maximum atomic E-state index is 12.0. The van der Waals surface area contributed by atoms with Crippen molar-refractivity contribution in [2.75, 3.05) is 0 Å². The highest BCUT2D eigenvalue weighted by atomic mass is 16.4. The van der Waals surface area contributed by atoms with Crippen LogP contribution >= 0.6 is 0 Å². The maximum absolute atomic E-state index is 12.0. The Hall–Kier alpha value is -2.63. The lowest BCUT2D eigenvalue weighted by atomic mass is 10.1. The number of aromatic nitrogens is 2. The molecule has 6 heteroatoms. The summed E-state index contributed by atoms with van der Waals surface area (Å²) in [5.74, 6) is -1.52. The standard InChI is InChI=1S/C14H15N3O3/c1-17-9-15-8-12(17)13(18)16-11(14(19)20)7-10-5-3-2-4-6-10/h2-6,8-9,11H,7H2,1H3,(H,16,18)(H,19,20). The molecule has 1 heterocycles. The molecular weight excluding hydrogens is 258 g/mol. The highest BCUT2D eigenvalue weighted by molar-refractivity contribution is 5.95. The molecule has 1 amide bonds. The number of rotatable bonds is 5. The number of aliphatic carboxylic acids is 1.